The van der Waals surface area contributed by atoms with Crippen molar-refractivity contribution in [2.75, 3.05) is 29.9 Å². The summed E-state index contributed by atoms with van der Waals surface area (Å²) in [4.78, 5) is 27.8. The number of nitrogens with zero attached hydrogens (tertiary/aromatic N) is 1. The van der Waals surface area contributed by atoms with Gasteiger partial charge in [-0.3, -0.25) is 9.59 Å². The van der Waals surface area contributed by atoms with Crippen molar-refractivity contribution < 1.29 is 9.59 Å². The van der Waals surface area contributed by atoms with Gasteiger partial charge >= 0.3 is 0 Å². The molecule has 2 aromatic rings. The van der Waals surface area contributed by atoms with E-state index in [0.29, 0.717) is 40.2 Å². The molecule has 0 aromatic heterocycles. The molecular weight excluding hydrogens is 398 g/mol. The first-order chi connectivity index (χ1) is 14.3. The van der Waals surface area contributed by atoms with Crippen LogP contribution < -0.4 is 15.5 Å². The maximum atomic E-state index is 13.0. The van der Waals surface area contributed by atoms with Crippen molar-refractivity contribution in [3.05, 3.63) is 58.6 Å². The third kappa shape index (κ3) is 5.76. The number of hydrogen-bond donors (Lipinski definition) is 2. The van der Waals surface area contributed by atoms with Crippen LogP contribution in [0.25, 0.3) is 0 Å². The highest BCUT2D eigenvalue weighted by atomic mass is 35.5. The molecule has 3 rings (SSSR count). The van der Waals surface area contributed by atoms with E-state index < -0.39 is 0 Å². The molecule has 30 heavy (non-hydrogen) atoms. The molecule has 1 aliphatic heterocycles. The normalized spacial score (nSPS) is 14.6. The fourth-order valence-electron chi connectivity index (χ4n) is 3.55. The molecule has 0 unspecified atom stereocenters. The fourth-order valence-corrected chi connectivity index (χ4v) is 3.74. The van der Waals surface area contributed by atoms with Gasteiger partial charge in [0.05, 0.1) is 5.56 Å². The zero-order valence-electron chi connectivity index (χ0n) is 17.9. The Morgan fingerprint density at radius 1 is 1.10 bits per heavy atom. The summed E-state index contributed by atoms with van der Waals surface area (Å²) in [7, 11) is 0. The molecule has 0 atom stereocenters. The largest absolute Gasteiger partial charge is 0.371 e. The van der Waals surface area contributed by atoms with Crippen LogP contribution >= 0.6 is 11.6 Å². The summed E-state index contributed by atoms with van der Waals surface area (Å²) in [6.45, 7) is 8.86. The zero-order chi connectivity index (χ0) is 21.7. The lowest BCUT2D eigenvalue weighted by Crippen LogP contribution is -2.35. The number of benzene rings is 2. The molecule has 160 valence electrons. The first-order valence-corrected chi connectivity index (χ1v) is 11.0. The number of halogens is 1. The molecule has 1 heterocycles. The molecule has 2 aromatic carbocycles. The van der Waals surface area contributed by atoms with Crippen molar-refractivity contribution in [1.82, 2.24) is 5.32 Å². The Balaban J connectivity index is 1.85. The van der Waals surface area contributed by atoms with E-state index in [0.717, 1.165) is 31.6 Å². The highest BCUT2D eigenvalue weighted by Gasteiger charge is 2.22. The molecular formula is C24H30ClN3O2. The second-order valence-corrected chi connectivity index (χ2v) is 8.91. The van der Waals surface area contributed by atoms with Crippen LogP contribution in [-0.4, -0.2) is 31.4 Å². The molecule has 1 saturated heterocycles. The van der Waals surface area contributed by atoms with Gasteiger partial charge in [-0.25, -0.2) is 0 Å². The average molecular weight is 428 g/mol. The third-order valence-corrected chi connectivity index (χ3v) is 5.62. The van der Waals surface area contributed by atoms with Gasteiger partial charge in [0, 0.05) is 41.6 Å². The smallest absolute Gasteiger partial charge is 0.255 e. The number of carbonyl (C=O) groups is 2. The van der Waals surface area contributed by atoms with Gasteiger partial charge in [0.25, 0.3) is 11.8 Å². The topological polar surface area (TPSA) is 61.4 Å². The Kier molecular flexibility index (Phi) is 7.38. The van der Waals surface area contributed by atoms with Crippen LogP contribution in [0, 0.1) is 11.8 Å². The van der Waals surface area contributed by atoms with Crippen LogP contribution in [0.15, 0.2) is 42.5 Å². The van der Waals surface area contributed by atoms with Crippen LogP contribution in [0.3, 0.4) is 0 Å². The summed E-state index contributed by atoms with van der Waals surface area (Å²) in [5.74, 6) is 0.691. The minimum Gasteiger partial charge on any atom is -0.371 e. The number of hydrogen-bond acceptors (Lipinski definition) is 3. The minimum absolute atomic E-state index is 0.115. The van der Waals surface area contributed by atoms with E-state index >= 15 is 0 Å². The SMILES string of the molecule is CC(C)CNC(=O)c1cc(NC(=O)c2cccc(Cl)c2)ccc1N1CCC(C)CC1. The standard InChI is InChI=1S/C24H30ClN3O2/c1-16(2)15-26-24(30)21-14-20(27-23(29)18-5-4-6-19(25)13-18)7-8-22(21)28-11-9-17(3)10-12-28/h4-8,13-14,16-17H,9-12,15H2,1-3H3,(H,26,30)(H,27,29). The van der Waals surface area contributed by atoms with Crippen LogP contribution in [0.4, 0.5) is 11.4 Å². The predicted molar refractivity (Wildman–Crippen MR) is 124 cm³/mol. The first-order valence-electron chi connectivity index (χ1n) is 10.6. The molecule has 0 saturated carbocycles. The summed E-state index contributed by atoms with van der Waals surface area (Å²) in [5.41, 5.74) is 2.57. The second-order valence-electron chi connectivity index (χ2n) is 8.47. The molecule has 0 radical (unpaired) electrons. The van der Waals surface area contributed by atoms with Crippen molar-refractivity contribution in [2.45, 2.75) is 33.6 Å². The van der Waals surface area contributed by atoms with Gasteiger partial charge in [-0.05, 0) is 61.1 Å². The molecule has 1 fully saturated rings. The summed E-state index contributed by atoms with van der Waals surface area (Å²) in [5, 5.41) is 6.40. The molecule has 1 aliphatic rings. The zero-order valence-corrected chi connectivity index (χ0v) is 18.6. The van der Waals surface area contributed by atoms with Crippen LogP contribution in [0.1, 0.15) is 54.3 Å². The lowest BCUT2D eigenvalue weighted by molar-refractivity contribution is 0.0948. The van der Waals surface area contributed by atoms with Crippen LogP contribution in [0.5, 0.6) is 0 Å². The Bertz CT molecular complexity index is 905. The quantitative estimate of drug-likeness (QED) is 0.664. The predicted octanol–water partition coefficient (Wildman–Crippen LogP) is 5.21. The van der Waals surface area contributed by atoms with Crippen molar-refractivity contribution in [3.63, 3.8) is 0 Å². The van der Waals surface area contributed by atoms with E-state index in [2.05, 4.69) is 36.3 Å². The van der Waals surface area contributed by atoms with Gasteiger partial charge in [0.2, 0.25) is 0 Å². The van der Waals surface area contributed by atoms with Crippen LogP contribution in [-0.2, 0) is 0 Å². The number of carbonyl (C=O) groups excluding carboxylic acids is 2. The number of piperidine rings is 1. The lowest BCUT2D eigenvalue weighted by atomic mass is 9.97. The van der Waals surface area contributed by atoms with Crippen molar-refractivity contribution in [2.24, 2.45) is 11.8 Å². The first kappa shape index (κ1) is 22.2. The summed E-state index contributed by atoms with van der Waals surface area (Å²) in [6, 6.07) is 12.4. The summed E-state index contributed by atoms with van der Waals surface area (Å²) < 4.78 is 0. The maximum Gasteiger partial charge on any atom is 0.255 e. The third-order valence-electron chi connectivity index (χ3n) is 5.38. The fraction of sp³-hybridized carbons (Fsp3) is 0.417. The molecule has 0 spiro atoms. The van der Waals surface area contributed by atoms with Gasteiger partial charge in [0.15, 0.2) is 0 Å². The van der Waals surface area contributed by atoms with Crippen molar-refractivity contribution in [1.29, 1.82) is 0 Å². The minimum atomic E-state index is -0.259. The van der Waals surface area contributed by atoms with E-state index in [4.69, 9.17) is 11.6 Å². The van der Waals surface area contributed by atoms with Crippen molar-refractivity contribution in [3.8, 4) is 0 Å². The van der Waals surface area contributed by atoms with E-state index in [9.17, 15) is 9.59 Å². The van der Waals surface area contributed by atoms with E-state index in [1.54, 1.807) is 30.3 Å². The van der Waals surface area contributed by atoms with Gasteiger partial charge in [-0.15, -0.1) is 0 Å². The Morgan fingerprint density at radius 3 is 2.50 bits per heavy atom. The van der Waals surface area contributed by atoms with Gasteiger partial charge in [-0.1, -0.05) is 38.4 Å². The molecule has 2 N–H and O–H groups in total. The van der Waals surface area contributed by atoms with E-state index in [1.807, 2.05) is 12.1 Å². The lowest BCUT2D eigenvalue weighted by Gasteiger charge is -2.33. The highest BCUT2D eigenvalue weighted by Crippen LogP contribution is 2.29. The Hall–Kier alpha value is -2.53. The van der Waals surface area contributed by atoms with Gasteiger partial charge in [0.1, 0.15) is 0 Å². The number of anilines is 2. The number of nitrogens with one attached hydrogen (secondary N) is 2. The highest BCUT2D eigenvalue weighted by molar-refractivity contribution is 6.31. The Morgan fingerprint density at radius 2 is 1.83 bits per heavy atom. The summed E-state index contributed by atoms with van der Waals surface area (Å²) >= 11 is 6.00. The second kappa shape index (κ2) is 9.98. The molecule has 0 aliphatic carbocycles. The Labute approximate surface area is 183 Å². The average Bonchev–Trinajstić information content (AvgIpc) is 2.72. The molecule has 5 nitrogen and oxygen atoms in total. The monoisotopic (exact) mass is 427 g/mol. The van der Waals surface area contributed by atoms with Gasteiger partial charge in [-0.2, -0.15) is 0 Å². The van der Waals surface area contributed by atoms with E-state index in [1.165, 1.54) is 0 Å². The molecule has 6 heteroatoms. The molecule has 0 bridgehead atoms. The van der Waals surface area contributed by atoms with E-state index in [-0.39, 0.29) is 11.8 Å². The van der Waals surface area contributed by atoms with Gasteiger partial charge < -0.3 is 15.5 Å². The number of amides is 2. The maximum absolute atomic E-state index is 13.0. The van der Waals surface area contributed by atoms with Crippen LogP contribution in [0.2, 0.25) is 5.02 Å². The summed E-state index contributed by atoms with van der Waals surface area (Å²) in [6.07, 6.45) is 2.22. The number of rotatable bonds is 6. The molecule has 2 amide bonds. The van der Waals surface area contributed by atoms with Crippen molar-refractivity contribution >= 4 is 34.8 Å².